The first kappa shape index (κ1) is 16.2. The molecule has 2 unspecified atom stereocenters. The zero-order valence-electron chi connectivity index (χ0n) is 10.9. The van der Waals surface area contributed by atoms with Crippen molar-refractivity contribution in [2.24, 2.45) is 10.7 Å². The van der Waals surface area contributed by atoms with Crippen LogP contribution in [0, 0.1) is 11.6 Å². The van der Waals surface area contributed by atoms with E-state index < -0.39 is 54.1 Å². The molecule has 1 aromatic carbocycles. The van der Waals surface area contributed by atoms with E-state index in [2.05, 4.69) is 9.73 Å². The van der Waals surface area contributed by atoms with Crippen LogP contribution in [-0.4, -0.2) is 25.0 Å². The normalized spacial score (nSPS) is 25.5. The van der Waals surface area contributed by atoms with Gasteiger partial charge in [0.1, 0.15) is 12.2 Å². The highest BCUT2D eigenvalue weighted by atomic mass is 19.4. The van der Waals surface area contributed by atoms with Crippen molar-refractivity contribution in [3.05, 3.63) is 29.3 Å². The summed E-state index contributed by atoms with van der Waals surface area (Å²) < 4.78 is 83.6. The first-order valence-corrected chi connectivity index (χ1v) is 5.99. The third-order valence-corrected chi connectivity index (χ3v) is 3.25. The number of anilines is 1. The third-order valence-electron chi connectivity index (χ3n) is 3.25. The minimum absolute atomic E-state index is 0.287. The Balaban J connectivity index is 2.60. The molecule has 0 aliphatic carbocycles. The van der Waals surface area contributed by atoms with Gasteiger partial charge in [0.15, 0.2) is 17.7 Å². The molecule has 1 aliphatic heterocycles. The smallest absolute Gasteiger partial charge is 0.425 e. The Morgan fingerprint density at radius 1 is 1.27 bits per heavy atom. The summed E-state index contributed by atoms with van der Waals surface area (Å²) >= 11 is 0. The molecule has 1 aromatic rings. The quantitative estimate of drug-likeness (QED) is 0.647. The second-order valence-electron chi connectivity index (χ2n) is 4.83. The molecule has 4 N–H and O–H groups in total. The number of hydrogen-bond donors (Lipinski definition) is 2. The molecule has 0 spiro atoms. The molecule has 4 nitrogen and oxygen atoms in total. The second kappa shape index (κ2) is 5.25. The van der Waals surface area contributed by atoms with Crippen LogP contribution in [0.3, 0.4) is 0 Å². The van der Waals surface area contributed by atoms with Gasteiger partial charge in [-0.25, -0.2) is 18.2 Å². The third kappa shape index (κ3) is 2.77. The number of rotatable bonds is 2. The summed E-state index contributed by atoms with van der Waals surface area (Å²) in [5, 5.41) is 0. The van der Waals surface area contributed by atoms with Gasteiger partial charge in [0, 0.05) is 17.7 Å². The van der Waals surface area contributed by atoms with E-state index in [1.165, 1.54) is 0 Å². The Morgan fingerprint density at radius 3 is 2.45 bits per heavy atom. The number of hydrogen-bond acceptors (Lipinski definition) is 4. The molecule has 122 valence electrons. The van der Waals surface area contributed by atoms with Crippen LogP contribution in [-0.2, 0) is 10.3 Å². The van der Waals surface area contributed by atoms with Crippen molar-refractivity contribution in [2.45, 2.75) is 24.2 Å². The fourth-order valence-electron chi connectivity index (χ4n) is 2.23. The standard InChI is InChI=1S/C12H11F6N3O/c13-4-11(6-1-5(19)2-7(14)9(6)15)3-8(12(16,17)18)22-10(20)21-11/h1-2,8H,3-4,19H2,(H2,20,21). The lowest BCUT2D eigenvalue weighted by atomic mass is 9.84. The van der Waals surface area contributed by atoms with E-state index in [-0.39, 0.29) is 5.69 Å². The number of nitrogens with two attached hydrogens (primary N) is 2. The molecule has 2 atom stereocenters. The fourth-order valence-corrected chi connectivity index (χ4v) is 2.23. The monoisotopic (exact) mass is 327 g/mol. The van der Waals surface area contributed by atoms with Gasteiger partial charge >= 0.3 is 6.18 Å². The highest BCUT2D eigenvalue weighted by Crippen LogP contribution is 2.42. The van der Waals surface area contributed by atoms with Crippen LogP contribution in [0.25, 0.3) is 0 Å². The highest BCUT2D eigenvalue weighted by molar-refractivity contribution is 5.73. The highest BCUT2D eigenvalue weighted by Gasteiger charge is 2.52. The van der Waals surface area contributed by atoms with Gasteiger partial charge in [-0.05, 0) is 12.1 Å². The molecule has 1 heterocycles. The molecule has 0 saturated carbocycles. The van der Waals surface area contributed by atoms with Crippen molar-refractivity contribution in [3.63, 3.8) is 0 Å². The van der Waals surface area contributed by atoms with E-state index >= 15 is 0 Å². The number of ether oxygens (including phenoxy) is 1. The lowest BCUT2D eigenvalue weighted by Crippen LogP contribution is -2.48. The van der Waals surface area contributed by atoms with Gasteiger partial charge in [-0.15, -0.1) is 0 Å². The average molecular weight is 327 g/mol. The number of halogens is 6. The Labute approximate surface area is 120 Å². The lowest BCUT2D eigenvalue weighted by molar-refractivity contribution is -0.209. The SMILES string of the molecule is NC1=NC(CF)(c2cc(N)cc(F)c2F)CC(C(F)(F)F)O1. The van der Waals surface area contributed by atoms with Gasteiger partial charge in [0.2, 0.25) is 0 Å². The summed E-state index contributed by atoms with van der Waals surface area (Å²) in [5.41, 5.74) is 7.10. The van der Waals surface area contributed by atoms with Crippen LogP contribution in [0.5, 0.6) is 0 Å². The predicted octanol–water partition coefficient (Wildman–Crippen LogP) is 2.38. The van der Waals surface area contributed by atoms with Crippen LogP contribution in [0.2, 0.25) is 0 Å². The largest absolute Gasteiger partial charge is 0.452 e. The Morgan fingerprint density at radius 2 is 1.91 bits per heavy atom. The summed E-state index contributed by atoms with van der Waals surface area (Å²) in [4.78, 5) is 3.44. The number of aliphatic imine (C=N–C) groups is 1. The maximum absolute atomic E-state index is 13.9. The molecule has 0 bridgehead atoms. The first-order chi connectivity index (χ1) is 10.1. The molecule has 0 amide bonds. The van der Waals surface area contributed by atoms with E-state index in [0.29, 0.717) is 6.07 Å². The number of benzene rings is 1. The first-order valence-electron chi connectivity index (χ1n) is 5.99. The lowest BCUT2D eigenvalue weighted by Gasteiger charge is -2.36. The summed E-state index contributed by atoms with van der Waals surface area (Å²) in [5.74, 6) is -2.96. The minimum atomic E-state index is -4.88. The molecular weight excluding hydrogens is 316 g/mol. The van der Waals surface area contributed by atoms with Crippen LogP contribution in [0.4, 0.5) is 32.0 Å². The minimum Gasteiger partial charge on any atom is -0.452 e. The molecule has 0 saturated heterocycles. The summed E-state index contributed by atoms with van der Waals surface area (Å²) in [7, 11) is 0. The van der Waals surface area contributed by atoms with Crippen LogP contribution in [0.1, 0.15) is 12.0 Å². The molecular formula is C12H11F6N3O. The van der Waals surface area contributed by atoms with Crippen LogP contribution >= 0.6 is 0 Å². The molecule has 0 fully saturated rings. The molecule has 22 heavy (non-hydrogen) atoms. The second-order valence-corrected chi connectivity index (χ2v) is 4.83. The van der Waals surface area contributed by atoms with Crippen molar-refractivity contribution in [1.82, 2.24) is 0 Å². The van der Waals surface area contributed by atoms with E-state index in [0.717, 1.165) is 6.07 Å². The van der Waals surface area contributed by atoms with Gasteiger partial charge in [-0.3, -0.25) is 0 Å². The van der Waals surface area contributed by atoms with Crippen molar-refractivity contribution in [3.8, 4) is 0 Å². The van der Waals surface area contributed by atoms with E-state index in [1.54, 1.807) is 0 Å². The fraction of sp³-hybridized carbons (Fsp3) is 0.417. The van der Waals surface area contributed by atoms with Crippen molar-refractivity contribution in [1.29, 1.82) is 0 Å². The number of nitrogen functional groups attached to an aromatic ring is 1. The molecule has 0 radical (unpaired) electrons. The number of nitrogens with zero attached hydrogens (tertiary/aromatic N) is 1. The number of amidine groups is 1. The predicted molar refractivity (Wildman–Crippen MR) is 65.6 cm³/mol. The summed E-state index contributed by atoms with van der Waals surface area (Å²) in [6.45, 7) is -1.54. The van der Waals surface area contributed by atoms with Gasteiger partial charge in [-0.2, -0.15) is 13.2 Å². The molecule has 1 aliphatic rings. The zero-order valence-corrected chi connectivity index (χ0v) is 10.9. The maximum Gasteiger partial charge on any atom is 0.425 e. The van der Waals surface area contributed by atoms with E-state index in [9.17, 15) is 26.3 Å². The van der Waals surface area contributed by atoms with Crippen molar-refractivity contribution >= 4 is 11.7 Å². The van der Waals surface area contributed by atoms with E-state index in [4.69, 9.17) is 11.5 Å². The van der Waals surface area contributed by atoms with E-state index in [1.807, 2.05) is 0 Å². The zero-order chi connectivity index (χ0) is 16.7. The van der Waals surface area contributed by atoms with Crippen LogP contribution < -0.4 is 11.5 Å². The van der Waals surface area contributed by atoms with Gasteiger partial charge in [0.25, 0.3) is 6.02 Å². The summed E-state index contributed by atoms with van der Waals surface area (Å²) in [6, 6.07) is 0.486. The van der Waals surface area contributed by atoms with Crippen molar-refractivity contribution in [2.75, 3.05) is 12.4 Å². The van der Waals surface area contributed by atoms with Gasteiger partial charge in [-0.1, -0.05) is 0 Å². The number of alkyl halides is 4. The molecule has 2 rings (SSSR count). The maximum atomic E-state index is 13.9. The van der Waals surface area contributed by atoms with Crippen molar-refractivity contribution < 1.29 is 31.1 Å². The average Bonchev–Trinajstić information content (AvgIpc) is 2.41. The Kier molecular flexibility index (Phi) is 3.88. The van der Waals surface area contributed by atoms with Gasteiger partial charge < -0.3 is 16.2 Å². The van der Waals surface area contributed by atoms with Gasteiger partial charge in [0.05, 0.1) is 0 Å². The topological polar surface area (TPSA) is 73.6 Å². The molecule has 0 aromatic heterocycles. The van der Waals surface area contributed by atoms with Crippen LogP contribution in [0.15, 0.2) is 17.1 Å². The summed E-state index contributed by atoms with van der Waals surface area (Å²) in [6.07, 6.45) is -8.46. The Hall–Kier alpha value is -2.13. The Bertz CT molecular complexity index is 618. The molecule has 10 heteroatoms.